The molecule has 11 nitrogen and oxygen atoms in total. The number of rotatable bonds is 23. The Kier molecular flexibility index (Phi) is 19.2. The molecule has 0 aliphatic carbocycles. The van der Waals surface area contributed by atoms with Crippen LogP contribution in [-0.4, -0.2) is 49.6 Å². The third-order valence-corrected chi connectivity index (χ3v) is 14.4. The summed E-state index contributed by atoms with van der Waals surface area (Å²) in [7, 11) is -3.66. The molecular weight excluding hydrogens is 932 g/mol. The van der Waals surface area contributed by atoms with Gasteiger partial charge in [-0.2, -0.15) is 5.26 Å². The molecule has 5 rings (SSSR count). The van der Waals surface area contributed by atoms with Crippen molar-refractivity contribution in [1.29, 1.82) is 5.26 Å². The topological polar surface area (TPSA) is 160 Å². The average molecular weight is 998 g/mol. The highest BCUT2D eigenvalue weighted by atomic mass is 35.5. The van der Waals surface area contributed by atoms with Gasteiger partial charge in [-0.15, -0.1) is 0 Å². The average Bonchev–Trinajstić information content (AvgIpc) is 3.72. The minimum atomic E-state index is -3.66. The molecule has 1 unspecified atom stereocenters. The van der Waals surface area contributed by atoms with Crippen molar-refractivity contribution < 1.29 is 32.0 Å². The number of ketones is 1. The van der Waals surface area contributed by atoms with Gasteiger partial charge in [0, 0.05) is 22.8 Å². The molecule has 0 spiro atoms. The predicted molar refractivity (Wildman–Crippen MR) is 279 cm³/mol. The number of halogens is 2. The minimum absolute atomic E-state index is 0.0110. The summed E-state index contributed by atoms with van der Waals surface area (Å²) >= 11 is 12.6. The van der Waals surface area contributed by atoms with Crippen molar-refractivity contribution in [2.75, 3.05) is 22.5 Å². The first-order valence-corrected chi connectivity index (χ1v) is 26.3. The fourth-order valence-electron chi connectivity index (χ4n) is 8.64. The fourth-order valence-corrected chi connectivity index (χ4v) is 10.4. The van der Waals surface area contributed by atoms with Gasteiger partial charge in [0.2, 0.25) is 17.8 Å². The highest BCUT2D eigenvalue weighted by Gasteiger charge is 2.34. The molecule has 368 valence electrons. The van der Waals surface area contributed by atoms with Crippen LogP contribution >= 0.6 is 23.2 Å². The Morgan fingerprint density at radius 1 is 0.855 bits per heavy atom. The first kappa shape index (κ1) is 54.5. The van der Waals surface area contributed by atoms with E-state index in [1.54, 1.807) is 31.2 Å². The maximum Gasteiger partial charge on any atom is 0.415 e. The quantitative estimate of drug-likeness (QED) is 0.0291. The molecule has 0 saturated carbocycles. The standard InChI is InChI=1S/C55H66Cl2N4O7S/c1-9-11-12-13-14-15-16-17-18-19-30-69(65,66)44-27-28-46(45(57)34-44)59-51(63)50(49(62)38-20-24-42(56)25-21-38)68-53(64)61(10-2)43-26-22-39(37(3)31-43)32-40(35-58)52-60-47-33-41(23-29-48(47)67-52)55(7,8)36-54(4,5)6/h20-29,31-34,50H,9-19,30,36H2,1-8H3,(H,59,63)/b40-32+. The molecule has 1 N–H and O–H groups in total. The molecule has 1 atom stereocenters. The molecule has 0 aliphatic rings. The number of aromatic nitrogens is 1. The molecule has 5 aromatic rings. The van der Waals surface area contributed by atoms with Crippen LogP contribution in [0.3, 0.4) is 0 Å². The van der Waals surface area contributed by atoms with Crippen molar-refractivity contribution in [3.8, 4) is 6.07 Å². The highest BCUT2D eigenvalue weighted by molar-refractivity contribution is 7.91. The zero-order valence-corrected chi connectivity index (χ0v) is 43.5. The Labute approximate surface area is 418 Å². The van der Waals surface area contributed by atoms with Gasteiger partial charge in [0.25, 0.3) is 5.91 Å². The summed E-state index contributed by atoms with van der Waals surface area (Å²) in [5.41, 5.74) is 4.39. The largest absolute Gasteiger partial charge is 0.435 e. The van der Waals surface area contributed by atoms with Gasteiger partial charge >= 0.3 is 6.09 Å². The third kappa shape index (κ3) is 15.3. The van der Waals surface area contributed by atoms with Crippen LogP contribution in [0.15, 0.2) is 88.2 Å². The summed E-state index contributed by atoms with van der Waals surface area (Å²) in [4.78, 5) is 47.9. The van der Waals surface area contributed by atoms with Crippen LogP contribution in [0.25, 0.3) is 22.7 Å². The normalized spacial score (nSPS) is 12.7. The molecule has 14 heteroatoms. The van der Waals surface area contributed by atoms with Crippen molar-refractivity contribution in [3.63, 3.8) is 0 Å². The van der Waals surface area contributed by atoms with Crippen molar-refractivity contribution in [2.45, 2.75) is 142 Å². The number of amides is 2. The number of unbranched alkanes of at least 4 members (excludes halogenated alkanes) is 9. The van der Waals surface area contributed by atoms with Crippen LogP contribution < -0.4 is 10.2 Å². The number of nitrogens with one attached hydrogen (secondary N) is 1. The number of hydrogen-bond donors (Lipinski definition) is 1. The summed E-state index contributed by atoms with van der Waals surface area (Å²) in [6.45, 7) is 16.9. The van der Waals surface area contributed by atoms with Crippen LogP contribution in [-0.2, 0) is 24.8 Å². The number of Topliss-reactive ketones (excluding diaryl/α,β-unsaturated/α-hetero) is 1. The van der Waals surface area contributed by atoms with E-state index in [1.807, 2.05) is 25.1 Å². The SMILES string of the molecule is CCCCCCCCCCCCS(=O)(=O)c1ccc(NC(=O)C(OC(=O)N(CC)c2ccc(/C=C(\C#N)c3nc4cc(C(C)(C)CC(C)(C)C)ccc4o3)c(C)c2)C(=O)c2ccc(Cl)cc2)c(Cl)c1. The van der Waals surface area contributed by atoms with Gasteiger partial charge in [0.05, 0.1) is 21.4 Å². The number of allylic oxidation sites excluding steroid dienone is 1. The lowest BCUT2D eigenvalue weighted by Gasteiger charge is -2.32. The van der Waals surface area contributed by atoms with Crippen LogP contribution in [0.4, 0.5) is 16.2 Å². The summed E-state index contributed by atoms with van der Waals surface area (Å²) in [5.74, 6) is -1.70. The number of aryl methyl sites for hydroxylation is 1. The number of fused-ring (bicyclic) bond motifs is 1. The van der Waals surface area contributed by atoms with Crippen LogP contribution in [0.2, 0.25) is 10.0 Å². The van der Waals surface area contributed by atoms with E-state index in [0.717, 1.165) is 37.7 Å². The van der Waals surface area contributed by atoms with Gasteiger partial charge in [0.15, 0.2) is 15.4 Å². The lowest BCUT2D eigenvalue weighted by Crippen LogP contribution is -2.43. The smallest absolute Gasteiger partial charge is 0.415 e. The van der Waals surface area contributed by atoms with E-state index in [-0.39, 0.29) is 55.8 Å². The molecule has 0 aliphatic heterocycles. The second-order valence-electron chi connectivity index (χ2n) is 19.5. The summed E-state index contributed by atoms with van der Waals surface area (Å²) in [5, 5.41) is 13.1. The van der Waals surface area contributed by atoms with Gasteiger partial charge in [-0.1, -0.05) is 135 Å². The number of nitrogens with zero attached hydrogens (tertiary/aromatic N) is 3. The Bertz CT molecular complexity index is 2790. The Balaban J connectivity index is 1.30. The molecular formula is C55H66Cl2N4O7S. The number of carbonyl (C=O) groups excluding carboxylic acids is 3. The summed E-state index contributed by atoms with van der Waals surface area (Å²) < 4.78 is 38.2. The predicted octanol–water partition coefficient (Wildman–Crippen LogP) is 14.8. The molecule has 0 saturated heterocycles. The first-order chi connectivity index (χ1) is 32.7. The van der Waals surface area contributed by atoms with E-state index in [1.165, 1.54) is 79.5 Å². The number of oxazole rings is 1. The number of anilines is 2. The van der Waals surface area contributed by atoms with Gasteiger partial charge in [0.1, 0.15) is 17.2 Å². The van der Waals surface area contributed by atoms with E-state index >= 15 is 0 Å². The zero-order valence-electron chi connectivity index (χ0n) is 41.2. The number of benzene rings is 4. The first-order valence-electron chi connectivity index (χ1n) is 23.9. The van der Waals surface area contributed by atoms with E-state index in [0.29, 0.717) is 39.4 Å². The van der Waals surface area contributed by atoms with Crippen LogP contribution in [0.1, 0.15) is 152 Å². The fraction of sp³-hybridized carbons (Fsp3) is 0.436. The number of carbonyl (C=O) groups is 3. The van der Waals surface area contributed by atoms with Gasteiger partial charge in [-0.05, 0) is 127 Å². The second kappa shape index (κ2) is 24.4. The lowest BCUT2D eigenvalue weighted by atomic mass is 9.72. The van der Waals surface area contributed by atoms with Crippen molar-refractivity contribution in [3.05, 3.63) is 117 Å². The highest BCUT2D eigenvalue weighted by Crippen LogP contribution is 2.38. The van der Waals surface area contributed by atoms with Crippen molar-refractivity contribution >= 4 is 84.9 Å². The van der Waals surface area contributed by atoms with E-state index in [9.17, 15) is 28.1 Å². The van der Waals surface area contributed by atoms with Gasteiger partial charge in [-0.3, -0.25) is 14.5 Å². The van der Waals surface area contributed by atoms with E-state index in [2.05, 4.69) is 52.9 Å². The molecule has 4 aromatic carbocycles. The Hall–Kier alpha value is -5.48. The van der Waals surface area contributed by atoms with Gasteiger partial charge < -0.3 is 14.5 Å². The number of hydrogen-bond acceptors (Lipinski definition) is 9. The Morgan fingerprint density at radius 3 is 2.10 bits per heavy atom. The molecule has 69 heavy (non-hydrogen) atoms. The molecule has 2 amide bonds. The number of ether oxygens (including phenoxy) is 1. The van der Waals surface area contributed by atoms with E-state index in [4.69, 9.17) is 37.3 Å². The number of nitriles is 1. The Morgan fingerprint density at radius 2 is 1.51 bits per heavy atom. The summed E-state index contributed by atoms with van der Waals surface area (Å²) in [6.07, 6.45) is 10.4. The lowest BCUT2D eigenvalue weighted by molar-refractivity contribution is -0.122. The molecule has 0 bridgehead atoms. The third-order valence-electron chi connectivity index (χ3n) is 12.0. The maximum atomic E-state index is 14.0. The van der Waals surface area contributed by atoms with E-state index < -0.39 is 33.7 Å². The zero-order chi connectivity index (χ0) is 50.5. The van der Waals surface area contributed by atoms with Gasteiger partial charge in [-0.25, -0.2) is 18.2 Å². The molecule has 1 heterocycles. The monoisotopic (exact) mass is 996 g/mol. The molecule has 0 fully saturated rings. The summed E-state index contributed by atoms with van der Waals surface area (Å²) in [6, 6.07) is 23.0. The number of sulfone groups is 1. The second-order valence-corrected chi connectivity index (χ2v) is 22.5. The van der Waals surface area contributed by atoms with Crippen LogP contribution in [0.5, 0.6) is 0 Å². The molecule has 1 aromatic heterocycles. The maximum absolute atomic E-state index is 14.0. The van der Waals surface area contributed by atoms with Crippen LogP contribution in [0, 0.1) is 23.7 Å². The van der Waals surface area contributed by atoms with Crippen molar-refractivity contribution in [1.82, 2.24) is 4.98 Å². The minimum Gasteiger partial charge on any atom is -0.435 e. The van der Waals surface area contributed by atoms with Crippen molar-refractivity contribution in [2.24, 2.45) is 5.41 Å². The molecule has 0 radical (unpaired) electrons.